The summed E-state index contributed by atoms with van der Waals surface area (Å²) in [6, 6.07) is 24.1. The number of aromatic nitrogens is 1. The quantitative estimate of drug-likeness (QED) is 0.408. The van der Waals surface area contributed by atoms with E-state index in [4.69, 9.17) is 0 Å². The summed E-state index contributed by atoms with van der Waals surface area (Å²) in [5.74, 6) is -1.37. The number of carbonyl (C=O) groups is 3. The molecule has 0 aliphatic carbocycles. The number of nitrogens with zero attached hydrogens (tertiary/aromatic N) is 3. The van der Waals surface area contributed by atoms with Crippen molar-refractivity contribution in [2.45, 2.75) is 11.0 Å². The summed E-state index contributed by atoms with van der Waals surface area (Å²) in [5, 5.41) is 14.7. The molecule has 3 aliphatic rings. The van der Waals surface area contributed by atoms with Gasteiger partial charge >= 0.3 is 0 Å². The highest BCUT2D eigenvalue weighted by Gasteiger charge is 2.84. The number of aromatic amines is 1. The molecule has 38 heavy (non-hydrogen) atoms. The van der Waals surface area contributed by atoms with Gasteiger partial charge in [-0.15, -0.1) is 0 Å². The Morgan fingerprint density at radius 3 is 2.42 bits per heavy atom. The van der Waals surface area contributed by atoms with Crippen LogP contribution in [-0.4, -0.2) is 48.1 Å². The Morgan fingerprint density at radius 1 is 0.947 bits per heavy atom. The van der Waals surface area contributed by atoms with Crippen LogP contribution in [0.25, 0.3) is 10.9 Å². The van der Waals surface area contributed by atoms with Crippen molar-refractivity contribution < 1.29 is 14.4 Å². The van der Waals surface area contributed by atoms with Gasteiger partial charge in [-0.1, -0.05) is 54.6 Å². The lowest BCUT2D eigenvalue weighted by atomic mass is 9.51. The number of anilines is 2. The van der Waals surface area contributed by atoms with E-state index in [0.29, 0.717) is 33.5 Å². The minimum absolute atomic E-state index is 0.114. The number of benzene rings is 3. The number of amides is 2. The molecular formula is C30H23N5O3. The van der Waals surface area contributed by atoms with Crippen LogP contribution in [0.3, 0.4) is 0 Å². The number of nitrogens with one attached hydrogen (secondary N) is 2. The fourth-order valence-corrected chi connectivity index (χ4v) is 7.40. The van der Waals surface area contributed by atoms with E-state index in [1.165, 1.54) is 4.90 Å². The molecule has 3 aliphatic heterocycles. The van der Waals surface area contributed by atoms with Crippen molar-refractivity contribution in [2.75, 3.05) is 30.9 Å². The number of hydrogen-bond donors (Lipinski definition) is 2. The van der Waals surface area contributed by atoms with Crippen molar-refractivity contribution in [3.8, 4) is 6.07 Å². The average molecular weight is 502 g/mol. The number of carbonyl (C=O) groups excluding carboxylic acids is 3. The van der Waals surface area contributed by atoms with Crippen LogP contribution in [0.1, 0.15) is 21.5 Å². The number of para-hydroxylation sites is 3. The smallest absolute Gasteiger partial charge is 0.253 e. The van der Waals surface area contributed by atoms with Gasteiger partial charge < -0.3 is 15.2 Å². The molecule has 4 heterocycles. The van der Waals surface area contributed by atoms with Gasteiger partial charge in [-0.05, 0) is 30.8 Å². The van der Waals surface area contributed by atoms with Crippen molar-refractivity contribution >= 4 is 39.9 Å². The van der Waals surface area contributed by atoms with Crippen molar-refractivity contribution in [1.29, 1.82) is 5.26 Å². The molecule has 1 aromatic heterocycles. The largest absolute Gasteiger partial charge is 0.360 e. The Hall–Kier alpha value is -4.74. The van der Waals surface area contributed by atoms with E-state index < -0.39 is 28.1 Å². The summed E-state index contributed by atoms with van der Waals surface area (Å²) < 4.78 is 0. The normalized spacial score (nSPS) is 27.7. The van der Waals surface area contributed by atoms with Crippen LogP contribution in [0.15, 0.2) is 79.0 Å². The Bertz CT molecular complexity index is 1770. The van der Waals surface area contributed by atoms with Crippen LogP contribution in [0, 0.1) is 16.7 Å². The van der Waals surface area contributed by atoms with Gasteiger partial charge in [0, 0.05) is 53.2 Å². The third-order valence-corrected chi connectivity index (χ3v) is 8.83. The molecule has 2 amide bonds. The standard InChI is InChI=1S/C30H23N5O3/c1-34-17-28(16-31,25(36)19-15-32-22-12-6-3-9-18(19)22)29(20-10-4-7-13-23(20)33-26(29)37)30(34)21-11-5-8-14-24(21)35(2)27(30)38/h3-15,32H,17H2,1-2H3,(H,33,37)/t28-,29+,30-/m1/s1. The number of rotatable bonds is 2. The maximum absolute atomic E-state index is 14.8. The fraction of sp³-hybridized carbons (Fsp3) is 0.200. The number of likely N-dealkylation sites (tertiary alicyclic amines) is 1. The Kier molecular flexibility index (Phi) is 4.24. The number of ketones is 1. The van der Waals surface area contributed by atoms with Crippen LogP contribution in [0.2, 0.25) is 0 Å². The molecule has 0 radical (unpaired) electrons. The molecule has 1 fully saturated rings. The van der Waals surface area contributed by atoms with E-state index in [1.807, 2.05) is 48.5 Å². The first kappa shape index (κ1) is 22.5. The molecule has 0 saturated carbocycles. The van der Waals surface area contributed by atoms with Crippen molar-refractivity contribution in [3.05, 3.63) is 95.7 Å². The van der Waals surface area contributed by atoms with Gasteiger partial charge in [0.25, 0.3) is 5.91 Å². The van der Waals surface area contributed by atoms with Crippen molar-refractivity contribution in [1.82, 2.24) is 9.88 Å². The van der Waals surface area contributed by atoms with E-state index in [-0.39, 0.29) is 12.5 Å². The monoisotopic (exact) mass is 501 g/mol. The zero-order chi connectivity index (χ0) is 26.4. The molecule has 7 rings (SSSR count). The number of likely N-dealkylation sites (N-methyl/N-ethyl adjacent to an activating group) is 2. The summed E-state index contributed by atoms with van der Waals surface area (Å²) in [6.07, 6.45) is 1.60. The number of H-pyrrole nitrogens is 1. The first-order chi connectivity index (χ1) is 18.4. The molecule has 3 aromatic carbocycles. The molecule has 8 nitrogen and oxygen atoms in total. The van der Waals surface area contributed by atoms with Crippen LogP contribution in [-0.2, 0) is 20.5 Å². The van der Waals surface area contributed by atoms with Gasteiger partial charge in [0.15, 0.2) is 11.2 Å². The van der Waals surface area contributed by atoms with Crippen molar-refractivity contribution in [3.63, 3.8) is 0 Å². The van der Waals surface area contributed by atoms with Crippen LogP contribution in [0.4, 0.5) is 11.4 Å². The van der Waals surface area contributed by atoms with E-state index >= 15 is 0 Å². The van der Waals surface area contributed by atoms with Gasteiger partial charge in [-0.2, -0.15) is 5.26 Å². The maximum Gasteiger partial charge on any atom is 0.253 e. The number of hydrogen-bond acceptors (Lipinski definition) is 5. The van der Waals surface area contributed by atoms with Gasteiger partial charge in [0.2, 0.25) is 5.91 Å². The summed E-state index contributed by atoms with van der Waals surface area (Å²) in [4.78, 5) is 50.2. The molecule has 2 spiro atoms. The third kappa shape index (κ3) is 2.15. The summed E-state index contributed by atoms with van der Waals surface area (Å²) in [6.45, 7) is -0.114. The maximum atomic E-state index is 14.8. The second kappa shape index (κ2) is 7.18. The van der Waals surface area contributed by atoms with Gasteiger partial charge in [-0.25, -0.2) is 0 Å². The van der Waals surface area contributed by atoms with E-state index in [0.717, 1.165) is 5.52 Å². The predicted octanol–water partition coefficient (Wildman–Crippen LogP) is 3.57. The van der Waals surface area contributed by atoms with Crippen LogP contribution >= 0.6 is 0 Å². The molecule has 3 atom stereocenters. The second-order valence-corrected chi connectivity index (χ2v) is 10.3. The van der Waals surface area contributed by atoms with E-state index in [2.05, 4.69) is 16.4 Å². The predicted molar refractivity (Wildman–Crippen MR) is 142 cm³/mol. The molecule has 0 unspecified atom stereocenters. The van der Waals surface area contributed by atoms with Crippen LogP contribution < -0.4 is 10.2 Å². The lowest BCUT2D eigenvalue weighted by molar-refractivity contribution is -0.138. The zero-order valence-electron chi connectivity index (χ0n) is 20.8. The van der Waals surface area contributed by atoms with E-state index in [1.54, 1.807) is 49.5 Å². The minimum atomic E-state index is -1.92. The second-order valence-electron chi connectivity index (χ2n) is 10.3. The molecule has 1 saturated heterocycles. The number of nitriles is 1. The lowest BCUT2D eigenvalue weighted by Crippen LogP contribution is -2.65. The number of fused-ring (bicyclic) bond motifs is 6. The third-order valence-electron chi connectivity index (χ3n) is 8.83. The highest BCUT2D eigenvalue weighted by molar-refractivity contribution is 6.24. The Morgan fingerprint density at radius 2 is 1.63 bits per heavy atom. The molecule has 4 aromatic rings. The highest BCUT2D eigenvalue weighted by atomic mass is 16.2. The van der Waals surface area contributed by atoms with Crippen LogP contribution in [0.5, 0.6) is 0 Å². The molecular weight excluding hydrogens is 478 g/mol. The highest BCUT2D eigenvalue weighted by Crippen LogP contribution is 2.69. The van der Waals surface area contributed by atoms with Gasteiger partial charge in [0.1, 0.15) is 11.0 Å². The lowest BCUT2D eigenvalue weighted by Gasteiger charge is -2.45. The fourth-order valence-electron chi connectivity index (χ4n) is 7.40. The van der Waals surface area contributed by atoms with Crippen molar-refractivity contribution in [2.24, 2.45) is 5.41 Å². The molecule has 8 heteroatoms. The van der Waals surface area contributed by atoms with E-state index in [9.17, 15) is 19.6 Å². The van der Waals surface area contributed by atoms with Gasteiger partial charge in [0.05, 0.1) is 6.07 Å². The summed E-state index contributed by atoms with van der Waals surface area (Å²) in [5.41, 5.74) is -2.11. The first-order valence-electron chi connectivity index (χ1n) is 12.4. The number of Topliss-reactive ketones (excluding diaryl/α,β-unsaturated/α-hetero) is 1. The Balaban J connectivity index is 1.63. The molecule has 186 valence electrons. The summed E-state index contributed by atoms with van der Waals surface area (Å²) in [7, 11) is 3.40. The minimum Gasteiger partial charge on any atom is -0.360 e. The zero-order valence-corrected chi connectivity index (χ0v) is 20.8. The van der Waals surface area contributed by atoms with Gasteiger partial charge in [-0.3, -0.25) is 19.3 Å². The molecule has 2 N–H and O–H groups in total. The summed E-state index contributed by atoms with van der Waals surface area (Å²) >= 11 is 0. The SMILES string of the molecule is CN1C(=O)[C@@]2(c3ccccc31)N(C)C[C@](C#N)(C(=O)c1c[nH]c3ccccc13)[C@]21C(=O)Nc2ccccc21. The Labute approximate surface area is 218 Å². The average Bonchev–Trinajstić information content (AvgIpc) is 3.63. The first-order valence-corrected chi connectivity index (χ1v) is 12.4. The molecule has 0 bridgehead atoms. The topological polar surface area (TPSA) is 109 Å².